The highest BCUT2D eigenvalue weighted by Crippen LogP contribution is 2.44. The van der Waals surface area contributed by atoms with Gasteiger partial charge in [0.1, 0.15) is 5.75 Å². The third kappa shape index (κ3) is 3.87. The summed E-state index contributed by atoms with van der Waals surface area (Å²) in [6.45, 7) is 11.3. The van der Waals surface area contributed by atoms with Gasteiger partial charge in [0.25, 0.3) is 0 Å². The molecule has 0 saturated heterocycles. The second-order valence-electron chi connectivity index (χ2n) is 8.63. The van der Waals surface area contributed by atoms with E-state index >= 15 is 0 Å². The van der Waals surface area contributed by atoms with E-state index in [9.17, 15) is 0 Å². The normalized spacial score (nSPS) is 18.8. The largest absolute Gasteiger partial charge is 0.496 e. The molecule has 0 amide bonds. The molecule has 1 aliphatic rings. The van der Waals surface area contributed by atoms with Crippen molar-refractivity contribution in [1.82, 2.24) is 0 Å². The average Bonchev–Trinajstić information content (AvgIpc) is 2.64. The van der Waals surface area contributed by atoms with E-state index in [2.05, 4.69) is 88.0 Å². The Labute approximate surface area is 164 Å². The van der Waals surface area contributed by atoms with Crippen LogP contribution in [0.1, 0.15) is 69.6 Å². The predicted molar refractivity (Wildman–Crippen MR) is 116 cm³/mol. The minimum Gasteiger partial charge on any atom is -0.496 e. The monoisotopic (exact) mass is 364 g/mol. The van der Waals surface area contributed by atoms with Crippen molar-refractivity contribution in [2.75, 3.05) is 19.1 Å². The molecule has 2 aromatic rings. The van der Waals surface area contributed by atoms with Crippen LogP contribution in [0.2, 0.25) is 0 Å². The second-order valence-corrected chi connectivity index (χ2v) is 8.63. The Bertz CT molecular complexity index is 834. The van der Waals surface area contributed by atoms with Crippen molar-refractivity contribution in [3.8, 4) is 5.75 Å². The zero-order valence-corrected chi connectivity index (χ0v) is 17.7. The van der Waals surface area contributed by atoms with Crippen LogP contribution < -0.4 is 9.64 Å². The number of fused-ring (bicyclic) bond motifs is 1. The highest BCUT2D eigenvalue weighted by molar-refractivity contribution is 5.87. The van der Waals surface area contributed by atoms with Crippen molar-refractivity contribution in [1.29, 1.82) is 0 Å². The quantitative estimate of drug-likeness (QED) is 0.595. The van der Waals surface area contributed by atoms with Crippen LogP contribution in [-0.4, -0.2) is 25.9 Å². The molecule has 1 heterocycles. The maximum absolute atomic E-state index is 5.68. The minimum atomic E-state index is 0.144. The Morgan fingerprint density at radius 1 is 1.19 bits per heavy atom. The van der Waals surface area contributed by atoms with Gasteiger partial charge in [-0.3, -0.25) is 4.99 Å². The smallest absolute Gasteiger partial charge is 0.129 e. The number of ether oxygens (including phenoxy) is 1. The fourth-order valence-electron chi connectivity index (χ4n) is 3.98. The zero-order valence-electron chi connectivity index (χ0n) is 17.7. The van der Waals surface area contributed by atoms with Crippen LogP contribution in [0.5, 0.6) is 5.75 Å². The SMILES string of the molecule is COc1cc2c(cc1C=Nc1ccc(C(C)C)cc1)C(C)CC(C)(C)N2C. The first-order valence-corrected chi connectivity index (χ1v) is 9.82. The van der Waals surface area contributed by atoms with Gasteiger partial charge in [-0.1, -0.05) is 32.9 Å². The van der Waals surface area contributed by atoms with Crippen molar-refractivity contribution in [2.24, 2.45) is 4.99 Å². The number of hydrogen-bond donors (Lipinski definition) is 0. The maximum atomic E-state index is 5.68. The van der Waals surface area contributed by atoms with Crippen LogP contribution in [0, 0.1) is 0 Å². The summed E-state index contributed by atoms with van der Waals surface area (Å²) < 4.78 is 5.68. The summed E-state index contributed by atoms with van der Waals surface area (Å²) in [4.78, 5) is 7.06. The number of hydrogen-bond acceptors (Lipinski definition) is 3. The molecular formula is C24H32N2O. The highest BCUT2D eigenvalue weighted by Gasteiger charge is 2.34. The molecule has 0 saturated carbocycles. The Morgan fingerprint density at radius 3 is 2.44 bits per heavy atom. The van der Waals surface area contributed by atoms with Crippen molar-refractivity contribution in [3.05, 3.63) is 53.1 Å². The minimum absolute atomic E-state index is 0.144. The van der Waals surface area contributed by atoms with E-state index in [1.165, 1.54) is 16.8 Å². The van der Waals surface area contributed by atoms with E-state index in [0.717, 1.165) is 23.4 Å². The summed E-state index contributed by atoms with van der Waals surface area (Å²) in [7, 11) is 3.90. The lowest BCUT2D eigenvalue weighted by molar-refractivity contribution is 0.389. The van der Waals surface area contributed by atoms with Crippen LogP contribution in [0.3, 0.4) is 0 Å². The van der Waals surface area contributed by atoms with Crippen molar-refractivity contribution in [3.63, 3.8) is 0 Å². The van der Waals surface area contributed by atoms with Crippen molar-refractivity contribution >= 4 is 17.6 Å². The Balaban J connectivity index is 1.95. The first-order valence-electron chi connectivity index (χ1n) is 9.82. The van der Waals surface area contributed by atoms with E-state index < -0.39 is 0 Å². The number of benzene rings is 2. The average molecular weight is 365 g/mol. The van der Waals surface area contributed by atoms with Gasteiger partial charge < -0.3 is 9.64 Å². The first-order chi connectivity index (χ1) is 12.7. The molecule has 0 aliphatic carbocycles. The first kappa shape index (κ1) is 19.5. The third-order valence-corrected chi connectivity index (χ3v) is 5.90. The van der Waals surface area contributed by atoms with Crippen LogP contribution in [-0.2, 0) is 0 Å². The molecule has 3 heteroatoms. The number of aliphatic imine (C=N–C) groups is 1. The molecule has 1 atom stereocenters. The molecule has 0 aromatic heterocycles. The summed E-state index contributed by atoms with van der Waals surface area (Å²) in [6.07, 6.45) is 3.06. The maximum Gasteiger partial charge on any atom is 0.129 e. The van der Waals surface area contributed by atoms with E-state index in [-0.39, 0.29) is 5.54 Å². The lowest BCUT2D eigenvalue weighted by Gasteiger charge is -2.45. The van der Waals surface area contributed by atoms with E-state index in [0.29, 0.717) is 11.8 Å². The predicted octanol–water partition coefficient (Wildman–Crippen LogP) is 6.29. The van der Waals surface area contributed by atoms with E-state index in [4.69, 9.17) is 4.74 Å². The second kappa shape index (κ2) is 7.38. The van der Waals surface area contributed by atoms with Crippen LogP contribution in [0.25, 0.3) is 0 Å². The van der Waals surface area contributed by atoms with Gasteiger partial charge in [0.15, 0.2) is 0 Å². The number of anilines is 1. The number of rotatable bonds is 4. The van der Waals surface area contributed by atoms with Crippen molar-refractivity contribution in [2.45, 2.75) is 58.4 Å². The molecule has 3 nitrogen and oxygen atoms in total. The third-order valence-electron chi connectivity index (χ3n) is 5.90. The Kier molecular flexibility index (Phi) is 5.32. The summed E-state index contributed by atoms with van der Waals surface area (Å²) in [6, 6.07) is 12.9. The Morgan fingerprint density at radius 2 is 1.85 bits per heavy atom. The molecule has 0 N–H and O–H groups in total. The van der Waals surface area contributed by atoms with Gasteiger partial charge in [-0.15, -0.1) is 0 Å². The molecule has 144 valence electrons. The summed E-state index contributed by atoms with van der Waals surface area (Å²) in [5, 5.41) is 0. The van der Waals surface area contributed by atoms with Gasteiger partial charge in [0.05, 0.1) is 12.8 Å². The molecule has 1 unspecified atom stereocenters. The van der Waals surface area contributed by atoms with Gasteiger partial charge in [-0.25, -0.2) is 0 Å². The van der Waals surface area contributed by atoms with E-state index in [1.807, 2.05) is 6.21 Å². The summed E-state index contributed by atoms with van der Waals surface area (Å²) >= 11 is 0. The zero-order chi connectivity index (χ0) is 19.8. The molecule has 1 aliphatic heterocycles. The van der Waals surface area contributed by atoms with Crippen LogP contribution in [0.15, 0.2) is 41.4 Å². The van der Waals surface area contributed by atoms with Gasteiger partial charge in [-0.2, -0.15) is 0 Å². The van der Waals surface area contributed by atoms with Gasteiger partial charge in [-0.05, 0) is 61.4 Å². The van der Waals surface area contributed by atoms with Crippen molar-refractivity contribution < 1.29 is 4.74 Å². The van der Waals surface area contributed by atoms with E-state index in [1.54, 1.807) is 7.11 Å². The summed E-state index contributed by atoms with van der Waals surface area (Å²) in [5.74, 6) is 1.91. The van der Waals surface area contributed by atoms with Gasteiger partial charge in [0.2, 0.25) is 0 Å². The fraction of sp³-hybridized carbons (Fsp3) is 0.458. The van der Waals surface area contributed by atoms with Gasteiger partial charge >= 0.3 is 0 Å². The Hall–Kier alpha value is -2.29. The standard InChI is InChI=1S/C24H32N2O/c1-16(2)18-8-10-20(11-9-18)25-15-19-12-21-17(3)14-24(4,5)26(6)22(21)13-23(19)27-7/h8-13,15-17H,14H2,1-7H3. The molecule has 2 aromatic carbocycles. The molecule has 0 spiro atoms. The molecule has 0 bridgehead atoms. The molecule has 0 fully saturated rings. The summed E-state index contributed by atoms with van der Waals surface area (Å²) in [5.41, 5.74) is 6.10. The molecule has 0 radical (unpaired) electrons. The van der Waals surface area contributed by atoms with Gasteiger partial charge in [0, 0.05) is 36.1 Å². The fourth-order valence-corrected chi connectivity index (χ4v) is 3.98. The lowest BCUT2D eigenvalue weighted by atomic mass is 9.80. The lowest BCUT2D eigenvalue weighted by Crippen LogP contribution is -2.45. The number of methoxy groups -OCH3 is 1. The van der Waals surface area contributed by atoms with Crippen LogP contribution >= 0.6 is 0 Å². The molecule has 27 heavy (non-hydrogen) atoms. The number of nitrogens with zero attached hydrogens (tertiary/aromatic N) is 2. The molecular weight excluding hydrogens is 332 g/mol. The molecule has 3 rings (SSSR count). The van der Waals surface area contributed by atoms with Crippen LogP contribution in [0.4, 0.5) is 11.4 Å². The topological polar surface area (TPSA) is 24.8 Å². The highest BCUT2D eigenvalue weighted by atomic mass is 16.5.